The Labute approximate surface area is 137 Å². The van der Waals surface area contributed by atoms with Crippen LogP contribution in [0.2, 0.25) is 0 Å². The van der Waals surface area contributed by atoms with Gasteiger partial charge < -0.3 is 14.5 Å². The van der Waals surface area contributed by atoms with Crippen LogP contribution in [-0.4, -0.2) is 41.6 Å². The summed E-state index contributed by atoms with van der Waals surface area (Å²) < 4.78 is 5.45. The second-order valence-electron chi connectivity index (χ2n) is 7.32. The van der Waals surface area contributed by atoms with Gasteiger partial charge in [-0.25, -0.2) is 4.79 Å². The lowest BCUT2D eigenvalue weighted by Gasteiger charge is -2.38. The van der Waals surface area contributed by atoms with Crippen LogP contribution < -0.4 is 4.90 Å². The zero-order valence-corrected chi connectivity index (χ0v) is 14.1. The fraction of sp³-hybridized carbons (Fsp3) is 0.556. The molecule has 2 aliphatic rings. The predicted octanol–water partition coefficient (Wildman–Crippen LogP) is 3.43. The number of hydrogen-bond donors (Lipinski definition) is 1. The van der Waals surface area contributed by atoms with Gasteiger partial charge in [0.05, 0.1) is 0 Å². The Bertz CT molecular complexity index is 613. The molecule has 1 amide bonds. The van der Waals surface area contributed by atoms with Crippen molar-refractivity contribution in [2.24, 2.45) is 0 Å². The summed E-state index contributed by atoms with van der Waals surface area (Å²) >= 11 is 0. The third-order valence-corrected chi connectivity index (χ3v) is 4.38. The molecule has 1 aromatic carbocycles. The summed E-state index contributed by atoms with van der Waals surface area (Å²) in [7, 11) is 0. The van der Waals surface area contributed by atoms with E-state index >= 15 is 0 Å². The maximum Gasteiger partial charge on any atom is 0.410 e. The third kappa shape index (κ3) is 3.33. The smallest absolute Gasteiger partial charge is 0.410 e. The number of amides is 1. The Morgan fingerprint density at radius 1 is 1.22 bits per heavy atom. The van der Waals surface area contributed by atoms with Crippen LogP contribution in [0, 0.1) is 5.41 Å². The van der Waals surface area contributed by atoms with E-state index in [0.717, 1.165) is 18.5 Å². The van der Waals surface area contributed by atoms with Gasteiger partial charge in [0.25, 0.3) is 0 Å². The van der Waals surface area contributed by atoms with Crippen LogP contribution in [0.3, 0.4) is 0 Å². The van der Waals surface area contributed by atoms with Gasteiger partial charge in [-0.3, -0.25) is 5.41 Å². The van der Waals surface area contributed by atoms with Crippen molar-refractivity contribution in [2.75, 3.05) is 18.0 Å². The quantitative estimate of drug-likeness (QED) is 0.864. The molecule has 0 spiro atoms. The molecule has 0 saturated carbocycles. The minimum absolute atomic E-state index is 0.229. The van der Waals surface area contributed by atoms with Gasteiger partial charge in [-0.2, -0.15) is 0 Å². The van der Waals surface area contributed by atoms with E-state index in [4.69, 9.17) is 10.1 Å². The number of benzene rings is 1. The Kier molecular flexibility index (Phi) is 4.04. The fourth-order valence-electron chi connectivity index (χ4n) is 3.36. The van der Waals surface area contributed by atoms with Crippen molar-refractivity contribution in [3.8, 4) is 0 Å². The van der Waals surface area contributed by atoms with Crippen LogP contribution in [0.1, 0.15) is 39.2 Å². The number of anilines is 1. The molecule has 1 aromatic rings. The monoisotopic (exact) mass is 315 g/mol. The van der Waals surface area contributed by atoms with E-state index in [1.807, 2.05) is 32.9 Å². The molecular weight excluding hydrogens is 290 g/mol. The standard InChI is InChI=1S/C18H25N3O2/c1-18(2,3)23-17(22)20-10-8-14(9-11-20)21-15-7-5-4-6-13(15)12-16(21)19/h4-7,14,19H,8-12H2,1-3H3. The summed E-state index contributed by atoms with van der Waals surface area (Å²) in [6, 6.07) is 8.54. The molecule has 0 aromatic heterocycles. The normalized spacial score (nSPS) is 19.0. The molecule has 2 aliphatic heterocycles. The number of amidine groups is 1. The highest BCUT2D eigenvalue weighted by Crippen LogP contribution is 2.33. The number of nitrogens with zero attached hydrogens (tertiary/aromatic N) is 2. The van der Waals surface area contributed by atoms with Crippen molar-refractivity contribution in [2.45, 2.75) is 51.7 Å². The van der Waals surface area contributed by atoms with Crippen LogP contribution >= 0.6 is 0 Å². The highest BCUT2D eigenvalue weighted by atomic mass is 16.6. The maximum absolute atomic E-state index is 12.2. The molecule has 5 heteroatoms. The maximum atomic E-state index is 12.2. The Balaban J connectivity index is 1.64. The van der Waals surface area contributed by atoms with E-state index < -0.39 is 5.60 Å². The Morgan fingerprint density at radius 2 is 1.87 bits per heavy atom. The van der Waals surface area contributed by atoms with Gasteiger partial charge in [-0.1, -0.05) is 18.2 Å². The average molecular weight is 315 g/mol. The molecule has 1 N–H and O–H groups in total. The molecule has 0 atom stereocenters. The number of rotatable bonds is 1. The molecule has 0 bridgehead atoms. The number of carbonyl (C=O) groups is 1. The topological polar surface area (TPSA) is 56.6 Å². The lowest BCUT2D eigenvalue weighted by Crippen LogP contribution is -2.48. The second-order valence-corrected chi connectivity index (χ2v) is 7.32. The summed E-state index contributed by atoms with van der Waals surface area (Å²) in [5.74, 6) is 0.668. The van der Waals surface area contributed by atoms with Gasteiger partial charge in [0.2, 0.25) is 0 Å². The first-order valence-corrected chi connectivity index (χ1v) is 8.27. The van der Waals surface area contributed by atoms with E-state index in [1.165, 1.54) is 5.56 Å². The zero-order valence-electron chi connectivity index (χ0n) is 14.1. The Hall–Kier alpha value is -2.04. The molecule has 0 unspecified atom stereocenters. The number of ether oxygens (including phenoxy) is 1. The summed E-state index contributed by atoms with van der Waals surface area (Å²) in [6.07, 6.45) is 2.22. The molecule has 124 valence electrons. The first kappa shape index (κ1) is 15.8. The van der Waals surface area contributed by atoms with Crippen molar-refractivity contribution >= 4 is 17.6 Å². The van der Waals surface area contributed by atoms with Gasteiger partial charge >= 0.3 is 6.09 Å². The van der Waals surface area contributed by atoms with Crippen LogP contribution in [-0.2, 0) is 11.2 Å². The number of nitrogens with one attached hydrogen (secondary N) is 1. The molecule has 0 aliphatic carbocycles. The minimum Gasteiger partial charge on any atom is -0.444 e. The van der Waals surface area contributed by atoms with Gasteiger partial charge in [-0.15, -0.1) is 0 Å². The molecule has 1 fully saturated rings. The van der Waals surface area contributed by atoms with E-state index in [9.17, 15) is 4.79 Å². The van der Waals surface area contributed by atoms with E-state index in [1.54, 1.807) is 4.90 Å². The summed E-state index contributed by atoms with van der Waals surface area (Å²) in [5.41, 5.74) is 1.93. The minimum atomic E-state index is -0.454. The van der Waals surface area contributed by atoms with Crippen LogP contribution in [0.5, 0.6) is 0 Å². The van der Waals surface area contributed by atoms with Crippen molar-refractivity contribution in [1.82, 2.24) is 4.90 Å². The summed E-state index contributed by atoms with van der Waals surface area (Å²) in [6.45, 7) is 7.04. The third-order valence-electron chi connectivity index (χ3n) is 4.38. The number of fused-ring (bicyclic) bond motifs is 1. The predicted molar refractivity (Wildman–Crippen MR) is 91.2 cm³/mol. The number of para-hydroxylation sites is 1. The molecular formula is C18H25N3O2. The second kappa shape index (κ2) is 5.87. The average Bonchev–Trinajstić information content (AvgIpc) is 2.81. The fourth-order valence-corrected chi connectivity index (χ4v) is 3.36. The van der Waals surface area contributed by atoms with Gasteiger partial charge in [0.1, 0.15) is 11.4 Å². The first-order chi connectivity index (χ1) is 10.8. The van der Waals surface area contributed by atoms with Gasteiger partial charge in [-0.05, 0) is 45.2 Å². The largest absolute Gasteiger partial charge is 0.444 e. The Morgan fingerprint density at radius 3 is 2.52 bits per heavy atom. The number of carbonyl (C=O) groups excluding carboxylic acids is 1. The van der Waals surface area contributed by atoms with Gasteiger partial charge in [0, 0.05) is 31.2 Å². The summed E-state index contributed by atoms with van der Waals surface area (Å²) in [4.78, 5) is 16.1. The lowest BCUT2D eigenvalue weighted by molar-refractivity contribution is 0.0207. The SMILES string of the molecule is CC(C)(C)OC(=O)N1CCC(N2C(=N)Cc3ccccc32)CC1. The highest BCUT2D eigenvalue weighted by molar-refractivity contribution is 6.03. The highest BCUT2D eigenvalue weighted by Gasteiger charge is 2.34. The molecule has 1 saturated heterocycles. The summed E-state index contributed by atoms with van der Waals surface area (Å²) in [5, 5.41) is 8.30. The van der Waals surface area contributed by atoms with Crippen molar-refractivity contribution in [3.05, 3.63) is 29.8 Å². The number of hydrogen-bond acceptors (Lipinski definition) is 3. The molecule has 3 rings (SSSR count). The molecule has 2 heterocycles. The molecule has 0 radical (unpaired) electrons. The van der Waals surface area contributed by atoms with Crippen LogP contribution in [0.25, 0.3) is 0 Å². The van der Waals surface area contributed by atoms with Crippen molar-refractivity contribution in [3.63, 3.8) is 0 Å². The van der Waals surface area contributed by atoms with Gasteiger partial charge in [0.15, 0.2) is 0 Å². The number of likely N-dealkylation sites (tertiary alicyclic amines) is 1. The van der Waals surface area contributed by atoms with E-state index in [-0.39, 0.29) is 6.09 Å². The number of piperidine rings is 1. The zero-order chi connectivity index (χ0) is 16.6. The van der Waals surface area contributed by atoms with E-state index in [2.05, 4.69) is 17.0 Å². The van der Waals surface area contributed by atoms with Crippen molar-refractivity contribution in [1.29, 1.82) is 5.41 Å². The van der Waals surface area contributed by atoms with E-state index in [0.29, 0.717) is 31.4 Å². The first-order valence-electron chi connectivity index (χ1n) is 8.27. The van der Waals surface area contributed by atoms with Crippen molar-refractivity contribution < 1.29 is 9.53 Å². The molecule has 23 heavy (non-hydrogen) atoms. The molecule has 5 nitrogen and oxygen atoms in total. The lowest BCUT2D eigenvalue weighted by atomic mass is 10.0. The van der Waals surface area contributed by atoms with Crippen LogP contribution in [0.15, 0.2) is 24.3 Å². The van der Waals surface area contributed by atoms with Crippen LogP contribution in [0.4, 0.5) is 10.5 Å².